The van der Waals surface area contributed by atoms with Gasteiger partial charge in [-0.15, -0.1) is 0 Å². The Morgan fingerprint density at radius 3 is 2.62 bits per heavy atom. The highest BCUT2D eigenvalue weighted by molar-refractivity contribution is 5.90. The molecule has 0 amide bonds. The van der Waals surface area contributed by atoms with E-state index in [1.807, 2.05) is 0 Å². The van der Waals surface area contributed by atoms with Crippen LogP contribution in [0.4, 0.5) is 0 Å². The molecule has 0 aromatic rings. The third kappa shape index (κ3) is 1.59. The SMILES string of the molecule is C[C@]12C(=O)CCCC1=CC[C@@H]1[C@@H]2CC[C@]2(C)C(=O)CC[C@@H]12. The first-order valence-corrected chi connectivity index (χ1v) is 8.74. The van der Waals surface area contributed by atoms with E-state index in [1.54, 1.807) is 0 Å². The van der Waals surface area contributed by atoms with Crippen LogP contribution in [0.15, 0.2) is 11.6 Å². The molecule has 4 rings (SSSR count). The number of rotatable bonds is 0. The zero-order chi connectivity index (χ0) is 14.8. The van der Waals surface area contributed by atoms with E-state index in [4.69, 9.17) is 0 Å². The lowest BCUT2D eigenvalue weighted by atomic mass is 9.48. The van der Waals surface area contributed by atoms with Crippen molar-refractivity contribution in [1.82, 2.24) is 0 Å². The smallest absolute Gasteiger partial charge is 0.143 e. The second-order valence-corrected chi connectivity index (χ2v) is 8.24. The van der Waals surface area contributed by atoms with E-state index >= 15 is 0 Å². The number of carbonyl (C=O) groups excluding carboxylic acids is 2. The lowest BCUT2D eigenvalue weighted by molar-refractivity contribution is -0.139. The fraction of sp³-hybridized carbons (Fsp3) is 0.789. The van der Waals surface area contributed by atoms with Crippen molar-refractivity contribution in [2.24, 2.45) is 28.6 Å². The van der Waals surface area contributed by atoms with Gasteiger partial charge in [0.05, 0.1) is 5.41 Å². The minimum atomic E-state index is -0.200. The fourth-order valence-electron chi connectivity index (χ4n) is 6.28. The second kappa shape index (κ2) is 4.30. The quantitative estimate of drug-likeness (QED) is 0.629. The fourth-order valence-corrected chi connectivity index (χ4v) is 6.28. The molecule has 0 saturated heterocycles. The van der Waals surface area contributed by atoms with Crippen molar-refractivity contribution in [2.45, 2.75) is 65.2 Å². The molecule has 114 valence electrons. The monoisotopic (exact) mass is 286 g/mol. The van der Waals surface area contributed by atoms with Crippen LogP contribution in [0.2, 0.25) is 0 Å². The van der Waals surface area contributed by atoms with Crippen LogP contribution in [-0.4, -0.2) is 11.6 Å². The Balaban J connectivity index is 1.75. The minimum absolute atomic E-state index is 0.0828. The highest BCUT2D eigenvalue weighted by atomic mass is 16.1. The predicted molar refractivity (Wildman–Crippen MR) is 81.7 cm³/mol. The first-order chi connectivity index (χ1) is 9.98. The third-order valence-electron chi connectivity index (χ3n) is 7.62. The van der Waals surface area contributed by atoms with Gasteiger partial charge >= 0.3 is 0 Å². The summed E-state index contributed by atoms with van der Waals surface area (Å²) in [6, 6.07) is 0. The number of fused-ring (bicyclic) bond motifs is 5. The van der Waals surface area contributed by atoms with E-state index in [-0.39, 0.29) is 10.8 Å². The van der Waals surface area contributed by atoms with Crippen molar-refractivity contribution in [3.05, 3.63) is 11.6 Å². The van der Waals surface area contributed by atoms with Crippen molar-refractivity contribution in [2.75, 3.05) is 0 Å². The Morgan fingerprint density at radius 2 is 1.81 bits per heavy atom. The van der Waals surface area contributed by atoms with Crippen LogP contribution in [0.1, 0.15) is 65.2 Å². The molecule has 21 heavy (non-hydrogen) atoms. The van der Waals surface area contributed by atoms with Crippen molar-refractivity contribution in [3.63, 3.8) is 0 Å². The molecule has 0 radical (unpaired) electrons. The first-order valence-electron chi connectivity index (χ1n) is 8.74. The van der Waals surface area contributed by atoms with Gasteiger partial charge in [0.25, 0.3) is 0 Å². The number of hydrogen-bond donors (Lipinski definition) is 0. The summed E-state index contributed by atoms with van der Waals surface area (Å²) in [5.74, 6) is 2.54. The molecule has 5 atom stereocenters. The second-order valence-electron chi connectivity index (χ2n) is 8.24. The van der Waals surface area contributed by atoms with Crippen LogP contribution >= 0.6 is 0 Å². The van der Waals surface area contributed by atoms with Crippen LogP contribution in [0.3, 0.4) is 0 Å². The number of ketones is 2. The van der Waals surface area contributed by atoms with Gasteiger partial charge in [-0.25, -0.2) is 0 Å². The summed E-state index contributed by atoms with van der Waals surface area (Å²) in [6.45, 7) is 4.42. The van der Waals surface area contributed by atoms with Gasteiger partial charge in [0.2, 0.25) is 0 Å². The molecule has 0 heterocycles. The summed E-state index contributed by atoms with van der Waals surface area (Å²) in [6.07, 6.45) is 10.3. The molecule has 0 aromatic carbocycles. The Morgan fingerprint density at radius 1 is 1.00 bits per heavy atom. The van der Waals surface area contributed by atoms with Gasteiger partial charge in [0.1, 0.15) is 11.6 Å². The highest BCUT2D eigenvalue weighted by Gasteiger charge is 2.59. The topological polar surface area (TPSA) is 34.1 Å². The van der Waals surface area contributed by atoms with Crippen molar-refractivity contribution in [3.8, 4) is 0 Å². The maximum Gasteiger partial charge on any atom is 0.143 e. The van der Waals surface area contributed by atoms with E-state index in [1.165, 1.54) is 5.57 Å². The summed E-state index contributed by atoms with van der Waals surface area (Å²) >= 11 is 0. The number of Topliss-reactive ketones (excluding diaryl/α,β-unsaturated/α-hetero) is 2. The first kappa shape index (κ1) is 13.7. The predicted octanol–water partition coefficient (Wildman–Crippen LogP) is 4.09. The molecule has 4 aliphatic carbocycles. The van der Waals surface area contributed by atoms with E-state index in [9.17, 15) is 9.59 Å². The van der Waals surface area contributed by atoms with Gasteiger partial charge in [-0.2, -0.15) is 0 Å². The zero-order valence-electron chi connectivity index (χ0n) is 13.3. The van der Waals surface area contributed by atoms with Crippen LogP contribution < -0.4 is 0 Å². The molecule has 0 unspecified atom stereocenters. The van der Waals surface area contributed by atoms with Crippen LogP contribution in [0.25, 0.3) is 0 Å². The van der Waals surface area contributed by atoms with Crippen LogP contribution in [0.5, 0.6) is 0 Å². The van der Waals surface area contributed by atoms with Crippen LogP contribution in [-0.2, 0) is 9.59 Å². The highest BCUT2D eigenvalue weighted by Crippen LogP contribution is 2.63. The lowest BCUT2D eigenvalue weighted by Crippen LogP contribution is -2.52. The Bertz CT molecular complexity index is 546. The third-order valence-corrected chi connectivity index (χ3v) is 7.62. The lowest BCUT2D eigenvalue weighted by Gasteiger charge is -2.55. The largest absolute Gasteiger partial charge is 0.299 e. The zero-order valence-corrected chi connectivity index (χ0v) is 13.3. The normalized spacial score (nSPS) is 49.2. The van der Waals surface area contributed by atoms with E-state index in [2.05, 4.69) is 19.9 Å². The molecule has 0 aromatic heterocycles. The van der Waals surface area contributed by atoms with Crippen molar-refractivity contribution < 1.29 is 9.59 Å². The number of carbonyl (C=O) groups is 2. The van der Waals surface area contributed by atoms with Crippen LogP contribution in [0, 0.1) is 28.6 Å². The molecule has 3 saturated carbocycles. The van der Waals surface area contributed by atoms with Gasteiger partial charge in [0, 0.05) is 18.3 Å². The average molecular weight is 286 g/mol. The van der Waals surface area contributed by atoms with Crippen molar-refractivity contribution in [1.29, 1.82) is 0 Å². The summed E-state index contributed by atoms with van der Waals surface area (Å²) in [7, 11) is 0. The Labute approximate surface area is 127 Å². The average Bonchev–Trinajstić information content (AvgIpc) is 2.76. The molecule has 0 spiro atoms. The Hall–Kier alpha value is -0.920. The molecule has 2 heteroatoms. The summed E-state index contributed by atoms with van der Waals surface area (Å²) in [4.78, 5) is 25.1. The molecule has 2 nitrogen and oxygen atoms in total. The molecule has 0 N–H and O–H groups in total. The maximum atomic E-state index is 12.7. The summed E-state index contributed by atoms with van der Waals surface area (Å²) < 4.78 is 0. The summed E-state index contributed by atoms with van der Waals surface area (Å²) in [5.41, 5.74) is 1.14. The minimum Gasteiger partial charge on any atom is -0.299 e. The Kier molecular flexibility index (Phi) is 2.81. The molecule has 4 aliphatic rings. The molecular weight excluding hydrogens is 260 g/mol. The van der Waals surface area contributed by atoms with Crippen molar-refractivity contribution >= 4 is 11.6 Å². The molecule has 0 bridgehead atoms. The van der Waals surface area contributed by atoms with Gasteiger partial charge in [0.15, 0.2) is 0 Å². The number of allylic oxidation sites excluding steroid dienone is 2. The molecular formula is C19H26O2. The van der Waals surface area contributed by atoms with Gasteiger partial charge in [-0.05, 0) is 63.2 Å². The molecule has 3 fully saturated rings. The van der Waals surface area contributed by atoms with Gasteiger partial charge in [-0.1, -0.05) is 18.6 Å². The van der Waals surface area contributed by atoms with E-state index in [0.29, 0.717) is 29.3 Å². The molecule has 0 aliphatic heterocycles. The summed E-state index contributed by atoms with van der Waals surface area (Å²) in [5, 5.41) is 0. The number of hydrogen-bond acceptors (Lipinski definition) is 2. The standard InChI is InChI=1S/C19H26O2/c1-18-11-10-15-13(14(18)8-9-16(18)20)7-6-12-4-3-5-17(21)19(12,15)2/h6,13-15H,3-5,7-11H2,1-2H3/t13-,14-,15-,18-,19-/m0/s1. The van der Waals surface area contributed by atoms with Gasteiger partial charge in [-0.3, -0.25) is 9.59 Å². The maximum absolute atomic E-state index is 12.7. The van der Waals surface area contributed by atoms with E-state index < -0.39 is 0 Å². The van der Waals surface area contributed by atoms with Gasteiger partial charge < -0.3 is 0 Å². The van der Waals surface area contributed by atoms with E-state index in [0.717, 1.165) is 51.4 Å².